The molecular weight excluding hydrogens is 300 g/mol. The monoisotopic (exact) mass is 314 g/mol. The fourth-order valence-electron chi connectivity index (χ4n) is 1.94. The highest BCUT2D eigenvalue weighted by Gasteiger charge is 2.16. The van der Waals surface area contributed by atoms with Gasteiger partial charge in [-0.25, -0.2) is 4.98 Å². The van der Waals surface area contributed by atoms with Crippen molar-refractivity contribution >= 4 is 34.4 Å². The number of rotatable bonds is 4. The van der Waals surface area contributed by atoms with Gasteiger partial charge in [0, 0.05) is 31.2 Å². The van der Waals surface area contributed by atoms with Crippen molar-refractivity contribution in [3.05, 3.63) is 50.0 Å². The molecule has 0 unspecified atom stereocenters. The van der Waals surface area contributed by atoms with Crippen LogP contribution in [0.1, 0.15) is 16.3 Å². The quantitative estimate of drug-likeness (QED) is 0.490. The molecule has 0 saturated heterocycles. The minimum atomic E-state index is -0.424. The van der Waals surface area contributed by atoms with Gasteiger partial charge in [-0.3, -0.25) is 10.1 Å². The topological polar surface area (TPSA) is 83.1 Å². The van der Waals surface area contributed by atoms with Crippen LogP contribution in [0.5, 0.6) is 0 Å². The highest BCUT2D eigenvalue weighted by Crippen LogP contribution is 2.29. The number of nitriles is 1. The molecule has 0 N–H and O–H groups in total. The summed E-state index contributed by atoms with van der Waals surface area (Å²) in [4.78, 5) is 16.7. The van der Waals surface area contributed by atoms with E-state index in [9.17, 15) is 15.4 Å². The zero-order valence-corrected chi connectivity index (χ0v) is 13.2. The molecule has 0 aliphatic rings. The minimum Gasteiger partial charge on any atom is -0.372 e. The summed E-state index contributed by atoms with van der Waals surface area (Å²) in [5, 5.41) is 22.9. The van der Waals surface area contributed by atoms with Gasteiger partial charge in [0.15, 0.2) is 0 Å². The predicted octanol–water partition coefficient (Wildman–Crippen LogP) is 3.49. The second-order valence-corrected chi connectivity index (χ2v) is 5.72. The number of anilines is 1. The van der Waals surface area contributed by atoms with Gasteiger partial charge < -0.3 is 4.90 Å². The van der Waals surface area contributed by atoms with Crippen molar-refractivity contribution in [3.63, 3.8) is 0 Å². The highest BCUT2D eigenvalue weighted by molar-refractivity contribution is 7.11. The van der Waals surface area contributed by atoms with Gasteiger partial charge >= 0.3 is 0 Å². The third-order valence-corrected chi connectivity index (χ3v) is 3.95. The third-order valence-electron chi connectivity index (χ3n) is 2.96. The first-order valence-electron chi connectivity index (χ1n) is 6.42. The molecule has 1 heterocycles. The Kier molecular flexibility index (Phi) is 4.53. The lowest BCUT2D eigenvalue weighted by molar-refractivity contribution is -0.384. The van der Waals surface area contributed by atoms with Crippen molar-refractivity contribution in [3.8, 4) is 6.07 Å². The summed E-state index contributed by atoms with van der Waals surface area (Å²) >= 11 is 1.38. The maximum absolute atomic E-state index is 11.2. The molecule has 0 spiro atoms. The summed E-state index contributed by atoms with van der Waals surface area (Å²) in [5.41, 5.74) is 2.36. The molecular formula is C15H14N4O2S. The van der Waals surface area contributed by atoms with E-state index in [-0.39, 0.29) is 5.69 Å². The van der Waals surface area contributed by atoms with E-state index < -0.39 is 4.92 Å². The number of nitrogens with zero attached hydrogens (tertiary/aromatic N) is 4. The number of aryl methyl sites for hydroxylation is 1. The van der Waals surface area contributed by atoms with Crippen molar-refractivity contribution < 1.29 is 4.92 Å². The molecule has 0 amide bonds. The van der Waals surface area contributed by atoms with E-state index >= 15 is 0 Å². The number of thiazole rings is 1. The van der Waals surface area contributed by atoms with Crippen LogP contribution in [-0.2, 0) is 0 Å². The molecule has 7 heteroatoms. The smallest absolute Gasteiger partial charge is 0.293 e. The van der Waals surface area contributed by atoms with Crippen molar-refractivity contribution in [1.29, 1.82) is 5.26 Å². The Morgan fingerprint density at radius 2 is 2.23 bits per heavy atom. The molecule has 112 valence electrons. The molecule has 0 fully saturated rings. The second kappa shape index (κ2) is 6.37. The summed E-state index contributed by atoms with van der Waals surface area (Å²) in [7, 11) is 3.49. The molecule has 1 aromatic heterocycles. The van der Waals surface area contributed by atoms with Gasteiger partial charge in [-0.05, 0) is 24.6 Å². The van der Waals surface area contributed by atoms with Crippen molar-refractivity contribution in [2.24, 2.45) is 0 Å². The van der Waals surface area contributed by atoms with Crippen LogP contribution in [0.4, 0.5) is 11.4 Å². The van der Waals surface area contributed by atoms with E-state index in [4.69, 9.17) is 0 Å². The Morgan fingerprint density at radius 3 is 2.73 bits per heavy atom. The molecule has 0 aliphatic carbocycles. The van der Waals surface area contributed by atoms with Crippen molar-refractivity contribution in [2.45, 2.75) is 6.92 Å². The Balaban J connectivity index is 2.49. The van der Waals surface area contributed by atoms with Crippen molar-refractivity contribution in [2.75, 3.05) is 19.0 Å². The first kappa shape index (κ1) is 15.7. The van der Waals surface area contributed by atoms with E-state index in [1.807, 2.05) is 12.3 Å². The minimum absolute atomic E-state index is 0.00589. The van der Waals surface area contributed by atoms with Crippen LogP contribution in [-0.4, -0.2) is 24.0 Å². The molecule has 0 bridgehead atoms. The van der Waals surface area contributed by atoms with E-state index in [2.05, 4.69) is 11.1 Å². The Hall–Kier alpha value is -2.72. The number of hydrogen-bond donors (Lipinski definition) is 0. The SMILES string of the molecule is Cc1csc(/C(C#N)=C\c2ccc(N(C)C)c([N+](=O)[O-])c2)n1. The average molecular weight is 314 g/mol. The Labute approximate surface area is 132 Å². The molecule has 0 saturated carbocycles. The summed E-state index contributed by atoms with van der Waals surface area (Å²) < 4.78 is 0. The number of hydrogen-bond acceptors (Lipinski definition) is 6. The van der Waals surface area contributed by atoms with Gasteiger partial charge in [-0.1, -0.05) is 6.07 Å². The van der Waals surface area contributed by atoms with Crippen LogP contribution < -0.4 is 4.90 Å². The lowest BCUT2D eigenvalue weighted by Gasteiger charge is -2.12. The van der Waals surface area contributed by atoms with Crippen molar-refractivity contribution in [1.82, 2.24) is 4.98 Å². The molecule has 2 rings (SSSR count). The summed E-state index contributed by atoms with van der Waals surface area (Å²) in [6.45, 7) is 1.85. The molecule has 1 aromatic carbocycles. The normalized spacial score (nSPS) is 11.1. The Bertz CT molecular complexity index is 787. The van der Waals surface area contributed by atoms with E-state index in [0.717, 1.165) is 5.69 Å². The fourth-order valence-corrected chi connectivity index (χ4v) is 2.70. The number of nitro groups is 1. The van der Waals surface area contributed by atoms with Gasteiger partial charge in [-0.2, -0.15) is 5.26 Å². The summed E-state index contributed by atoms with van der Waals surface area (Å²) in [6.07, 6.45) is 1.62. The lowest BCUT2D eigenvalue weighted by atomic mass is 10.1. The molecule has 22 heavy (non-hydrogen) atoms. The summed E-state index contributed by atoms with van der Waals surface area (Å²) in [5.74, 6) is 0. The van der Waals surface area contributed by atoms with Crippen LogP contribution >= 0.6 is 11.3 Å². The van der Waals surface area contributed by atoms with Gasteiger partial charge in [0.25, 0.3) is 5.69 Å². The van der Waals surface area contributed by atoms with Crippen LogP contribution in [0, 0.1) is 28.4 Å². The molecule has 0 aliphatic heterocycles. The van der Waals surface area contributed by atoms with Crippen LogP contribution in [0.15, 0.2) is 23.6 Å². The zero-order valence-electron chi connectivity index (χ0n) is 12.4. The predicted molar refractivity (Wildman–Crippen MR) is 87.8 cm³/mol. The lowest BCUT2D eigenvalue weighted by Crippen LogP contribution is -2.10. The first-order chi connectivity index (χ1) is 10.4. The first-order valence-corrected chi connectivity index (χ1v) is 7.30. The standard InChI is InChI=1S/C15H14N4O2S/c1-10-9-22-15(17-10)12(8-16)6-11-4-5-13(18(2)3)14(7-11)19(20)21/h4-7,9H,1-3H3/b12-6-. The number of benzene rings is 1. The van der Waals surface area contributed by atoms with Crippen LogP contribution in [0.25, 0.3) is 11.6 Å². The Morgan fingerprint density at radius 1 is 1.50 bits per heavy atom. The molecule has 6 nitrogen and oxygen atoms in total. The van der Waals surface area contributed by atoms with Gasteiger partial charge in [0.05, 0.1) is 10.5 Å². The van der Waals surface area contributed by atoms with Crippen LogP contribution in [0.2, 0.25) is 0 Å². The molecule has 0 radical (unpaired) electrons. The van der Waals surface area contributed by atoms with Crippen LogP contribution in [0.3, 0.4) is 0 Å². The second-order valence-electron chi connectivity index (χ2n) is 4.86. The highest BCUT2D eigenvalue weighted by atomic mass is 32.1. The average Bonchev–Trinajstić information content (AvgIpc) is 2.90. The van der Waals surface area contributed by atoms with E-state index in [1.54, 1.807) is 37.2 Å². The van der Waals surface area contributed by atoms with E-state index in [0.29, 0.717) is 21.8 Å². The van der Waals surface area contributed by atoms with Gasteiger partial charge in [0.2, 0.25) is 0 Å². The van der Waals surface area contributed by atoms with E-state index in [1.165, 1.54) is 17.4 Å². The molecule has 2 aromatic rings. The van der Waals surface area contributed by atoms with Gasteiger partial charge in [-0.15, -0.1) is 11.3 Å². The third kappa shape index (κ3) is 3.30. The maximum atomic E-state index is 11.2. The maximum Gasteiger partial charge on any atom is 0.293 e. The number of nitro benzene ring substituents is 1. The summed E-state index contributed by atoms with van der Waals surface area (Å²) in [6, 6.07) is 6.98. The number of allylic oxidation sites excluding steroid dienone is 1. The molecule has 0 atom stereocenters. The van der Waals surface area contributed by atoms with Gasteiger partial charge in [0.1, 0.15) is 16.8 Å². The largest absolute Gasteiger partial charge is 0.372 e. The number of aromatic nitrogens is 1. The fraction of sp³-hybridized carbons (Fsp3) is 0.200. The zero-order chi connectivity index (χ0) is 16.3.